The maximum absolute atomic E-state index is 12.1. The van der Waals surface area contributed by atoms with Gasteiger partial charge in [0, 0.05) is 17.0 Å². The van der Waals surface area contributed by atoms with Gasteiger partial charge in [0.1, 0.15) is 11.3 Å². The Bertz CT molecular complexity index is 716. The van der Waals surface area contributed by atoms with Crippen LogP contribution in [0.25, 0.3) is 11.0 Å². The van der Waals surface area contributed by atoms with Gasteiger partial charge in [0.2, 0.25) is 0 Å². The zero-order valence-corrected chi connectivity index (χ0v) is 12.4. The fraction of sp³-hybridized carbons (Fsp3) is 0.438. The van der Waals surface area contributed by atoms with Crippen molar-refractivity contribution in [3.8, 4) is 5.75 Å². The van der Waals surface area contributed by atoms with Gasteiger partial charge in [-0.3, -0.25) is 0 Å². The first kappa shape index (κ1) is 13.5. The van der Waals surface area contributed by atoms with Gasteiger partial charge in [-0.25, -0.2) is 4.79 Å². The molecule has 0 unspecified atom stereocenters. The molecule has 4 heteroatoms. The molecule has 1 aliphatic carbocycles. The molecule has 1 heterocycles. The second kappa shape index (κ2) is 5.13. The number of halogens is 1. The van der Waals surface area contributed by atoms with Gasteiger partial charge in [-0.05, 0) is 51.2 Å². The second-order valence-corrected chi connectivity index (χ2v) is 5.91. The Balaban J connectivity index is 2.24. The summed E-state index contributed by atoms with van der Waals surface area (Å²) in [5, 5.41) is 1.51. The lowest BCUT2D eigenvalue weighted by Crippen LogP contribution is -2.16. The van der Waals surface area contributed by atoms with Crippen LogP contribution in [0.3, 0.4) is 0 Å². The highest BCUT2D eigenvalue weighted by molar-refractivity contribution is 6.32. The van der Waals surface area contributed by atoms with Gasteiger partial charge in [-0.15, -0.1) is 0 Å². The van der Waals surface area contributed by atoms with Crippen LogP contribution in [0.15, 0.2) is 21.3 Å². The van der Waals surface area contributed by atoms with Crippen LogP contribution < -0.4 is 10.4 Å². The topological polar surface area (TPSA) is 39.4 Å². The van der Waals surface area contributed by atoms with Gasteiger partial charge < -0.3 is 9.15 Å². The van der Waals surface area contributed by atoms with Crippen molar-refractivity contribution in [2.24, 2.45) is 0 Å². The first-order chi connectivity index (χ1) is 9.56. The molecule has 0 amide bonds. The van der Waals surface area contributed by atoms with Gasteiger partial charge in [-0.1, -0.05) is 11.6 Å². The third-order valence-electron chi connectivity index (χ3n) is 3.64. The molecule has 0 saturated carbocycles. The quantitative estimate of drug-likeness (QED) is 0.782. The average molecular weight is 293 g/mol. The summed E-state index contributed by atoms with van der Waals surface area (Å²) >= 11 is 6.28. The van der Waals surface area contributed by atoms with Gasteiger partial charge >= 0.3 is 5.63 Å². The molecule has 0 N–H and O–H groups in total. The van der Waals surface area contributed by atoms with Crippen LogP contribution in [0.5, 0.6) is 5.75 Å². The van der Waals surface area contributed by atoms with Crippen LogP contribution in [0, 0.1) is 0 Å². The van der Waals surface area contributed by atoms with Crippen LogP contribution in [0.1, 0.15) is 37.8 Å². The SMILES string of the molecule is CC(C)Oc1cc2oc(=O)c3c(c2cc1Cl)CCCC3. The molecular formula is C16H17ClO3. The molecule has 0 aliphatic heterocycles. The summed E-state index contributed by atoms with van der Waals surface area (Å²) in [6.45, 7) is 3.87. The van der Waals surface area contributed by atoms with Crippen molar-refractivity contribution in [1.29, 1.82) is 0 Å². The van der Waals surface area contributed by atoms with E-state index in [9.17, 15) is 4.79 Å². The van der Waals surface area contributed by atoms with Crippen LogP contribution in [0.2, 0.25) is 5.02 Å². The summed E-state index contributed by atoms with van der Waals surface area (Å²) in [6, 6.07) is 3.59. The lowest BCUT2D eigenvalue weighted by atomic mass is 9.90. The molecule has 20 heavy (non-hydrogen) atoms. The van der Waals surface area contributed by atoms with Crippen molar-refractivity contribution in [1.82, 2.24) is 0 Å². The molecular weight excluding hydrogens is 276 g/mol. The maximum Gasteiger partial charge on any atom is 0.339 e. The Morgan fingerprint density at radius 2 is 1.90 bits per heavy atom. The highest BCUT2D eigenvalue weighted by atomic mass is 35.5. The number of ether oxygens (including phenoxy) is 1. The van der Waals surface area contributed by atoms with Crippen LogP contribution in [0.4, 0.5) is 0 Å². The van der Waals surface area contributed by atoms with E-state index in [-0.39, 0.29) is 11.7 Å². The molecule has 2 aromatic rings. The standard InChI is InChI=1S/C16H17ClO3/c1-9(2)19-15-8-14-12(7-13(15)17)10-5-3-4-6-11(10)16(18)20-14/h7-9H,3-6H2,1-2H3. The number of benzene rings is 1. The normalized spacial score (nSPS) is 14.6. The summed E-state index contributed by atoms with van der Waals surface area (Å²) < 4.78 is 11.1. The first-order valence-corrected chi connectivity index (χ1v) is 7.39. The van der Waals surface area contributed by atoms with E-state index in [1.54, 1.807) is 6.07 Å². The van der Waals surface area contributed by atoms with E-state index in [1.165, 1.54) is 0 Å². The Kier molecular flexibility index (Phi) is 3.47. The van der Waals surface area contributed by atoms with E-state index in [1.807, 2.05) is 19.9 Å². The molecule has 1 aliphatic rings. The van der Waals surface area contributed by atoms with E-state index >= 15 is 0 Å². The number of hydrogen-bond acceptors (Lipinski definition) is 3. The third kappa shape index (κ3) is 2.31. The zero-order valence-electron chi connectivity index (χ0n) is 11.7. The molecule has 0 bridgehead atoms. The number of aryl methyl sites for hydroxylation is 1. The Labute approximate surface area is 122 Å². The van der Waals surface area contributed by atoms with E-state index in [0.29, 0.717) is 16.4 Å². The molecule has 0 fully saturated rings. The monoisotopic (exact) mass is 292 g/mol. The third-order valence-corrected chi connectivity index (χ3v) is 3.93. The molecule has 0 saturated heterocycles. The fourth-order valence-corrected chi connectivity index (χ4v) is 3.00. The molecule has 0 atom stereocenters. The van der Waals surface area contributed by atoms with Gasteiger partial charge in [0.15, 0.2) is 0 Å². The number of rotatable bonds is 2. The average Bonchev–Trinajstić information content (AvgIpc) is 2.41. The van der Waals surface area contributed by atoms with Crippen molar-refractivity contribution in [2.75, 3.05) is 0 Å². The smallest absolute Gasteiger partial charge is 0.339 e. The van der Waals surface area contributed by atoms with Gasteiger partial charge in [0.25, 0.3) is 0 Å². The number of fused-ring (bicyclic) bond motifs is 3. The molecule has 0 spiro atoms. The molecule has 1 aromatic heterocycles. The van der Waals surface area contributed by atoms with Crippen molar-refractivity contribution < 1.29 is 9.15 Å². The molecule has 0 radical (unpaired) electrons. The minimum atomic E-state index is -0.218. The second-order valence-electron chi connectivity index (χ2n) is 5.50. The summed E-state index contributed by atoms with van der Waals surface area (Å²) in [5.41, 5.74) is 2.26. The Hall–Kier alpha value is -1.48. The number of hydrogen-bond donors (Lipinski definition) is 0. The Morgan fingerprint density at radius 1 is 1.20 bits per heavy atom. The highest BCUT2D eigenvalue weighted by Crippen LogP contribution is 2.34. The summed E-state index contributed by atoms with van der Waals surface area (Å²) in [4.78, 5) is 12.1. The predicted octanol–water partition coefficient (Wildman–Crippen LogP) is 4.11. The summed E-state index contributed by atoms with van der Waals surface area (Å²) in [7, 11) is 0. The minimum Gasteiger partial charge on any atom is -0.489 e. The first-order valence-electron chi connectivity index (χ1n) is 7.01. The maximum atomic E-state index is 12.1. The predicted molar refractivity (Wildman–Crippen MR) is 79.9 cm³/mol. The van der Waals surface area contributed by atoms with Crippen molar-refractivity contribution in [3.63, 3.8) is 0 Å². The van der Waals surface area contributed by atoms with E-state index in [2.05, 4.69) is 0 Å². The zero-order chi connectivity index (χ0) is 14.3. The van der Waals surface area contributed by atoms with Gasteiger partial charge in [-0.2, -0.15) is 0 Å². The van der Waals surface area contributed by atoms with E-state index in [0.717, 1.165) is 42.2 Å². The molecule has 106 valence electrons. The summed E-state index contributed by atoms with van der Waals surface area (Å²) in [5.74, 6) is 0.563. The van der Waals surface area contributed by atoms with Crippen molar-refractivity contribution >= 4 is 22.6 Å². The lowest BCUT2D eigenvalue weighted by Gasteiger charge is -2.17. The molecule has 1 aromatic carbocycles. The Morgan fingerprint density at radius 3 is 2.60 bits per heavy atom. The molecule has 3 rings (SSSR count). The minimum absolute atomic E-state index is 0.0225. The van der Waals surface area contributed by atoms with Crippen molar-refractivity contribution in [3.05, 3.63) is 38.7 Å². The summed E-state index contributed by atoms with van der Waals surface area (Å²) in [6.07, 6.45) is 3.89. The van der Waals surface area contributed by atoms with E-state index in [4.69, 9.17) is 20.8 Å². The van der Waals surface area contributed by atoms with Crippen LogP contribution >= 0.6 is 11.6 Å². The van der Waals surface area contributed by atoms with Gasteiger partial charge in [0.05, 0.1) is 11.1 Å². The van der Waals surface area contributed by atoms with Crippen molar-refractivity contribution in [2.45, 2.75) is 45.6 Å². The fourth-order valence-electron chi connectivity index (χ4n) is 2.79. The highest BCUT2D eigenvalue weighted by Gasteiger charge is 2.19. The lowest BCUT2D eigenvalue weighted by molar-refractivity contribution is 0.242. The molecule has 3 nitrogen and oxygen atoms in total. The van der Waals surface area contributed by atoms with Crippen LogP contribution in [-0.2, 0) is 12.8 Å². The van der Waals surface area contributed by atoms with E-state index < -0.39 is 0 Å². The largest absolute Gasteiger partial charge is 0.489 e. The van der Waals surface area contributed by atoms with Crippen LogP contribution in [-0.4, -0.2) is 6.10 Å².